The second-order valence-corrected chi connectivity index (χ2v) is 9.38. The van der Waals surface area contributed by atoms with E-state index in [2.05, 4.69) is 9.44 Å². The normalized spacial score (nSPS) is 14.2. The van der Waals surface area contributed by atoms with Crippen molar-refractivity contribution in [2.45, 2.75) is 11.3 Å². The summed E-state index contributed by atoms with van der Waals surface area (Å²) in [5, 5.41) is 0. The van der Waals surface area contributed by atoms with Crippen LogP contribution in [0.4, 0.5) is 17.1 Å². The minimum Gasteiger partial charge on any atom is -0.315 e. The van der Waals surface area contributed by atoms with Crippen LogP contribution in [0.5, 0.6) is 0 Å². The molecule has 1 amide bonds. The molecule has 0 saturated heterocycles. The largest absolute Gasteiger partial charge is 0.315 e. The number of amides is 1. The average molecular weight is 395 g/mol. The van der Waals surface area contributed by atoms with Crippen LogP contribution in [-0.2, 0) is 31.3 Å². The zero-order valence-electron chi connectivity index (χ0n) is 14.1. The number of nitrogens with one attached hydrogen (secondary N) is 2. The predicted octanol–water partition coefficient (Wildman–Crippen LogP) is 1.38. The maximum Gasteiger partial charge on any atom is 0.261 e. The highest BCUT2D eigenvalue weighted by atomic mass is 32.2. The van der Waals surface area contributed by atoms with Crippen LogP contribution in [-0.4, -0.2) is 36.0 Å². The summed E-state index contributed by atoms with van der Waals surface area (Å²) in [5.41, 5.74) is 1.53. The third kappa shape index (κ3) is 3.65. The van der Waals surface area contributed by atoms with E-state index < -0.39 is 20.0 Å². The molecule has 0 fully saturated rings. The van der Waals surface area contributed by atoms with E-state index in [1.807, 2.05) is 0 Å². The Hall–Kier alpha value is -2.59. The Kier molecular flexibility index (Phi) is 4.41. The molecule has 1 aliphatic rings. The lowest BCUT2D eigenvalue weighted by molar-refractivity contribution is -0.117. The maximum atomic E-state index is 12.7. The number of carbonyl (C=O) groups is 1. The molecule has 0 saturated carbocycles. The number of hydrogen-bond donors (Lipinski definition) is 2. The monoisotopic (exact) mass is 395 g/mol. The van der Waals surface area contributed by atoms with E-state index in [1.165, 1.54) is 29.2 Å². The molecular weight excluding hydrogens is 378 g/mol. The molecule has 0 atom stereocenters. The van der Waals surface area contributed by atoms with Gasteiger partial charge in [0.1, 0.15) is 0 Å². The van der Waals surface area contributed by atoms with Gasteiger partial charge in [0.2, 0.25) is 15.9 Å². The molecule has 0 aliphatic carbocycles. The highest BCUT2D eigenvalue weighted by molar-refractivity contribution is 7.93. The Morgan fingerprint density at radius 3 is 2.19 bits per heavy atom. The summed E-state index contributed by atoms with van der Waals surface area (Å²) in [6.07, 6.45) is 1.12. The van der Waals surface area contributed by atoms with Gasteiger partial charge in [-0.2, -0.15) is 0 Å². The molecule has 8 nitrogen and oxygen atoms in total. The van der Waals surface area contributed by atoms with E-state index in [9.17, 15) is 21.6 Å². The van der Waals surface area contributed by atoms with E-state index in [4.69, 9.17) is 0 Å². The Balaban J connectivity index is 1.94. The summed E-state index contributed by atoms with van der Waals surface area (Å²) in [6.45, 7) is 0. The summed E-state index contributed by atoms with van der Waals surface area (Å²) in [7, 11) is -5.90. The number of hydrogen-bond acceptors (Lipinski definition) is 5. The fourth-order valence-corrected chi connectivity index (χ4v) is 4.39. The van der Waals surface area contributed by atoms with Crippen molar-refractivity contribution in [3.8, 4) is 0 Å². The Bertz CT molecular complexity index is 1090. The first-order valence-corrected chi connectivity index (χ1v) is 10.9. The van der Waals surface area contributed by atoms with E-state index >= 15 is 0 Å². The van der Waals surface area contributed by atoms with Gasteiger partial charge in [-0.1, -0.05) is 12.1 Å². The molecule has 0 unspecified atom stereocenters. The van der Waals surface area contributed by atoms with Gasteiger partial charge in [-0.15, -0.1) is 0 Å². The number of likely N-dealkylation sites (N-methyl/N-ethyl adjacent to an activating group) is 1. The van der Waals surface area contributed by atoms with E-state index in [0.717, 1.165) is 6.26 Å². The molecule has 1 aliphatic heterocycles. The van der Waals surface area contributed by atoms with E-state index in [1.54, 1.807) is 25.2 Å². The first kappa shape index (κ1) is 18.2. The van der Waals surface area contributed by atoms with Gasteiger partial charge in [-0.25, -0.2) is 16.8 Å². The number of sulfonamides is 2. The van der Waals surface area contributed by atoms with Gasteiger partial charge < -0.3 is 4.90 Å². The van der Waals surface area contributed by atoms with Gasteiger partial charge in [0.05, 0.1) is 28.9 Å². The van der Waals surface area contributed by atoms with Crippen molar-refractivity contribution in [3.05, 3.63) is 48.0 Å². The van der Waals surface area contributed by atoms with Crippen molar-refractivity contribution in [1.82, 2.24) is 0 Å². The van der Waals surface area contributed by atoms with Gasteiger partial charge >= 0.3 is 0 Å². The zero-order valence-corrected chi connectivity index (χ0v) is 15.7. The Labute approximate surface area is 151 Å². The van der Waals surface area contributed by atoms with Gasteiger partial charge in [0.15, 0.2) is 0 Å². The van der Waals surface area contributed by atoms with Gasteiger partial charge in [0.25, 0.3) is 10.0 Å². The molecule has 138 valence electrons. The van der Waals surface area contributed by atoms with Crippen LogP contribution in [0.1, 0.15) is 5.56 Å². The Morgan fingerprint density at radius 1 is 0.962 bits per heavy atom. The topological polar surface area (TPSA) is 113 Å². The van der Waals surface area contributed by atoms with Crippen LogP contribution in [0.15, 0.2) is 47.4 Å². The highest BCUT2D eigenvalue weighted by Gasteiger charge is 2.26. The summed E-state index contributed by atoms with van der Waals surface area (Å²) in [6, 6.07) is 10.5. The lowest BCUT2D eigenvalue weighted by Crippen LogP contribution is -2.20. The number of anilines is 3. The molecule has 2 aromatic carbocycles. The molecule has 3 rings (SSSR count). The van der Waals surface area contributed by atoms with Gasteiger partial charge in [0, 0.05) is 12.7 Å². The first-order chi connectivity index (χ1) is 12.1. The zero-order chi connectivity index (χ0) is 19.1. The number of nitrogens with zero attached hydrogens (tertiary/aromatic N) is 1. The summed E-state index contributed by atoms with van der Waals surface area (Å²) >= 11 is 0. The molecule has 0 aromatic heterocycles. The van der Waals surface area contributed by atoms with Crippen LogP contribution in [0.25, 0.3) is 0 Å². The quantitative estimate of drug-likeness (QED) is 0.794. The second-order valence-electron chi connectivity index (χ2n) is 5.95. The number of fused-ring (bicyclic) bond motifs is 1. The summed E-state index contributed by atoms with van der Waals surface area (Å²) < 4.78 is 53.0. The number of rotatable bonds is 5. The molecule has 26 heavy (non-hydrogen) atoms. The van der Waals surface area contributed by atoms with Gasteiger partial charge in [-0.05, 0) is 35.9 Å². The third-order valence-corrected chi connectivity index (χ3v) is 5.86. The minimum atomic E-state index is -3.96. The summed E-state index contributed by atoms with van der Waals surface area (Å²) in [5.74, 6) is -0.106. The smallest absolute Gasteiger partial charge is 0.261 e. The van der Waals surface area contributed by atoms with Crippen molar-refractivity contribution < 1.29 is 21.6 Å². The molecule has 0 radical (unpaired) electrons. The lowest BCUT2D eigenvalue weighted by atomic mass is 10.2. The molecule has 0 bridgehead atoms. The van der Waals surface area contributed by atoms with Crippen molar-refractivity contribution in [2.75, 3.05) is 27.6 Å². The summed E-state index contributed by atoms with van der Waals surface area (Å²) in [4.78, 5) is 13.2. The SMILES string of the molecule is CN1C(=O)Cc2cc(S(=O)(=O)Nc3ccccc3NS(C)(=O)=O)ccc21. The van der Waals surface area contributed by atoms with Crippen molar-refractivity contribution in [2.24, 2.45) is 0 Å². The third-order valence-electron chi connectivity index (χ3n) is 3.91. The molecule has 2 aromatic rings. The minimum absolute atomic E-state index is 0.00601. The van der Waals surface area contributed by atoms with E-state index in [0.29, 0.717) is 11.3 Å². The van der Waals surface area contributed by atoms with E-state index in [-0.39, 0.29) is 28.6 Å². The molecule has 10 heteroatoms. The van der Waals surface area contributed by atoms with Crippen LogP contribution >= 0.6 is 0 Å². The second kappa shape index (κ2) is 6.29. The molecule has 0 spiro atoms. The standard InChI is InChI=1S/C16H17N3O5S2/c1-19-15-8-7-12(9-11(15)10-16(19)20)26(23,24)18-14-6-4-3-5-13(14)17-25(2,21)22/h3-9,17-18H,10H2,1-2H3. The van der Waals surface area contributed by atoms with Crippen molar-refractivity contribution in [1.29, 1.82) is 0 Å². The van der Waals surface area contributed by atoms with Crippen LogP contribution in [0.2, 0.25) is 0 Å². The Morgan fingerprint density at radius 2 is 1.58 bits per heavy atom. The first-order valence-electron chi connectivity index (χ1n) is 7.56. The fourth-order valence-electron chi connectivity index (χ4n) is 2.68. The maximum absolute atomic E-state index is 12.7. The molecule has 1 heterocycles. The van der Waals surface area contributed by atoms with Crippen molar-refractivity contribution >= 4 is 43.0 Å². The van der Waals surface area contributed by atoms with Crippen LogP contribution in [0, 0.1) is 0 Å². The number of para-hydroxylation sites is 2. The molecule has 2 N–H and O–H groups in total. The van der Waals surface area contributed by atoms with Crippen LogP contribution < -0.4 is 14.3 Å². The highest BCUT2D eigenvalue weighted by Crippen LogP contribution is 2.31. The number of benzene rings is 2. The van der Waals surface area contributed by atoms with Crippen LogP contribution in [0.3, 0.4) is 0 Å². The molecular formula is C16H17N3O5S2. The fraction of sp³-hybridized carbons (Fsp3) is 0.188. The predicted molar refractivity (Wildman–Crippen MR) is 99.3 cm³/mol. The van der Waals surface area contributed by atoms with Gasteiger partial charge in [-0.3, -0.25) is 14.2 Å². The average Bonchev–Trinajstić information content (AvgIpc) is 2.82. The van der Waals surface area contributed by atoms with Crippen molar-refractivity contribution in [3.63, 3.8) is 0 Å². The lowest BCUT2D eigenvalue weighted by Gasteiger charge is -2.14. The number of carbonyl (C=O) groups excluding carboxylic acids is 1.